The van der Waals surface area contributed by atoms with E-state index in [9.17, 15) is 15.2 Å². The summed E-state index contributed by atoms with van der Waals surface area (Å²) in [6.45, 7) is 0.0468. The lowest BCUT2D eigenvalue weighted by atomic mass is 10.1. The van der Waals surface area contributed by atoms with Crippen LogP contribution in [0.5, 0.6) is 5.75 Å². The third-order valence-electron chi connectivity index (χ3n) is 2.62. The fourth-order valence-electron chi connectivity index (χ4n) is 1.63. The molecule has 2 rings (SSSR count). The maximum atomic E-state index is 10.6. The molecule has 1 N–H and O–H groups in total. The third-order valence-corrected chi connectivity index (χ3v) is 2.62. The largest absolute Gasteiger partial charge is 0.490 e. The molecule has 0 aliphatic heterocycles. The smallest absolute Gasteiger partial charge is 0.273 e. The van der Waals surface area contributed by atoms with Crippen molar-refractivity contribution in [2.24, 2.45) is 0 Å². The van der Waals surface area contributed by atoms with Gasteiger partial charge in [-0.1, -0.05) is 36.4 Å². The van der Waals surface area contributed by atoms with Crippen molar-refractivity contribution in [2.75, 3.05) is 6.61 Å². The minimum absolute atomic E-state index is 0.0355. The lowest BCUT2D eigenvalue weighted by molar-refractivity contribution is -0.384. The maximum absolute atomic E-state index is 10.6. The predicted octanol–water partition coefficient (Wildman–Crippen LogP) is 2.71. The summed E-state index contributed by atoms with van der Waals surface area (Å²) < 4.78 is 5.36. The number of nitro benzene ring substituents is 1. The predicted molar refractivity (Wildman–Crippen MR) is 70.0 cm³/mol. The van der Waals surface area contributed by atoms with Gasteiger partial charge in [0.2, 0.25) is 0 Å². The Balaban J connectivity index is 1.99. The number of hydrogen-bond acceptors (Lipinski definition) is 4. The van der Waals surface area contributed by atoms with Gasteiger partial charge in [-0.2, -0.15) is 0 Å². The highest BCUT2D eigenvalue weighted by Crippen LogP contribution is 2.21. The van der Waals surface area contributed by atoms with E-state index < -0.39 is 11.0 Å². The average Bonchev–Trinajstić information content (AvgIpc) is 2.46. The van der Waals surface area contributed by atoms with E-state index in [2.05, 4.69) is 0 Å². The van der Waals surface area contributed by atoms with Gasteiger partial charge in [0.15, 0.2) is 0 Å². The Morgan fingerprint density at radius 3 is 2.58 bits per heavy atom. The molecule has 98 valence electrons. The number of aliphatic hydroxyl groups is 1. The van der Waals surface area contributed by atoms with Crippen LogP contribution in [-0.2, 0) is 0 Å². The molecular formula is C14H13NO4. The first kappa shape index (κ1) is 13.0. The van der Waals surface area contributed by atoms with Gasteiger partial charge in [-0.25, -0.2) is 0 Å². The lowest BCUT2D eigenvalue weighted by Gasteiger charge is -2.12. The van der Waals surface area contributed by atoms with E-state index >= 15 is 0 Å². The van der Waals surface area contributed by atoms with Gasteiger partial charge < -0.3 is 9.84 Å². The summed E-state index contributed by atoms with van der Waals surface area (Å²) in [7, 11) is 0. The molecule has 2 aromatic carbocycles. The van der Waals surface area contributed by atoms with Gasteiger partial charge in [0, 0.05) is 6.07 Å². The molecule has 19 heavy (non-hydrogen) atoms. The average molecular weight is 259 g/mol. The van der Waals surface area contributed by atoms with Crippen LogP contribution < -0.4 is 4.74 Å². The van der Waals surface area contributed by atoms with Crippen molar-refractivity contribution in [3.63, 3.8) is 0 Å². The normalized spacial score (nSPS) is 11.8. The first-order chi connectivity index (χ1) is 9.16. The molecule has 0 aromatic heterocycles. The number of hydrogen-bond donors (Lipinski definition) is 1. The van der Waals surface area contributed by atoms with Crippen molar-refractivity contribution in [1.82, 2.24) is 0 Å². The van der Waals surface area contributed by atoms with E-state index in [-0.39, 0.29) is 12.3 Å². The quantitative estimate of drug-likeness (QED) is 0.661. The molecule has 0 aliphatic rings. The number of aliphatic hydroxyl groups excluding tert-OH is 1. The van der Waals surface area contributed by atoms with Gasteiger partial charge in [0.25, 0.3) is 5.69 Å². The molecule has 0 saturated heterocycles. The molecule has 5 heteroatoms. The summed E-state index contributed by atoms with van der Waals surface area (Å²) in [5, 5.41) is 20.5. The van der Waals surface area contributed by atoms with Gasteiger partial charge >= 0.3 is 0 Å². The summed E-state index contributed by atoms with van der Waals surface area (Å²) in [6.07, 6.45) is -0.763. The Labute approximate surface area is 110 Å². The van der Waals surface area contributed by atoms with Crippen LogP contribution in [0, 0.1) is 10.1 Å². The first-order valence-corrected chi connectivity index (χ1v) is 5.77. The molecule has 5 nitrogen and oxygen atoms in total. The molecule has 0 fully saturated rings. The molecule has 0 amide bonds. The summed E-state index contributed by atoms with van der Waals surface area (Å²) in [5.41, 5.74) is 0.708. The molecule has 0 heterocycles. The maximum Gasteiger partial charge on any atom is 0.273 e. The Bertz CT molecular complexity index is 556. The van der Waals surface area contributed by atoms with Gasteiger partial charge in [0.05, 0.1) is 11.0 Å². The van der Waals surface area contributed by atoms with Crippen molar-refractivity contribution in [3.8, 4) is 5.75 Å². The van der Waals surface area contributed by atoms with Gasteiger partial charge in [-0.05, 0) is 11.6 Å². The Kier molecular flexibility index (Phi) is 4.10. The zero-order valence-corrected chi connectivity index (χ0v) is 10.1. The second-order valence-electron chi connectivity index (χ2n) is 3.99. The second-order valence-corrected chi connectivity index (χ2v) is 3.99. The fourth-order valence-corrected chi connectivity index (χ4v) is 1.63. The lowest BCUT2D eigenvalue weighted by Crippen LogP contribution is -2.09. The number of nitrogens with zero attached hydrogens (tertiary/aromatic N) is 1. The van der Waals surface area contributed by atoms with Crippen LogP contribution in [0.3, 0.4) is 0 Å². The van der Waals surface area contributed by atoms with E-state index in [0.29, 0.717) is 5.75 Å². The topological polar surface area (TPSA) is 72.6 Å². The monoisotopic (exact) mass is 259 g/mol. The van der Waals surface area contributed by atoms with E-state index in [4.69, 9.17) is 4.74 Å². The SMILES string of the molecule is O=[N+]([O-])c1cccc(OCC(O)c2ccccc2)c1. The zero-order valence-electron chi connectivity index (χ0n) is 10.1. The molecule has 0 spiro atoms. The minimum Gasteiger partial charge on any atom is -0.490 e. The van der Waals surface area contributed by atoms with Gasteiger partial charge in [-0.15, -0.1) is 0 Å². The van der Waals surface area contributed by atoms with Crippen molar-refractivity contribution in [3.05, 3.63) is 70.3 Å². The van der Waals surface area contributed by atoms with Crippen LogP contribution in [0.25, 0.3) is 0 Å². The zero-order chi connectivity index (χ0) is 13.7. The third kappa shape index (κ3) is 3.53. The van der Waals surface area contributed by atoms with Crippen molar-refractivity contribution < 1.29 is 14.8 Å². The highest BCUT2D eigenvalue weighted by molar-refractivity contribution is 5.38. The van der Waals surface area contributed by atoms with E-state index in [0.717, 1.165) is 5.56 Å². The molecular weight excluding hydrogens is 246 g/mol. The number of ether oxygens (including phenoxy) is 1. The Morgan fingerprint density at radius 2 is 1.89 bits per heavy atom. The molecule has 0 radical (unpaired) electrons. The van der Waals surface area contributed by atoms with Crippen LogP contribution in [0.1, 0.15) is 11.7 Å². The van der Waals surface area contributed by atoms with Crippen LogP contribution in [-0.4, -0.2) is 16.6 Å². The number of benzene rings is 2. The molecule has 1 unspecified atom stereocenters. The number of rotatable bonds is 5. The molecule has 2 aromatic rings. The highest BCUT2D eigenvalue weighted by Gasteiger charge is 2.10. The molecule has 1 atom stereocenters. The van der Waals surface area contributed by atoms with Gasteiger partial charge in [0.1, 0.15) is 18.5 Å². The van der Waals surface area contributed by atoms with Crippen LogP contribution in [0.2, 0.25) is 0 Å². The van der Waals surface area contributed by atoms with E-state index in [1.54, 1.807) is 24.3 Å². The molecule has 0 saturated carbocycles. The van der Waals surface area contributed by atoms with E-state index in [1.807, 2.05) is 18.2 Å². The summed E-state index contributed by atoms with van der Waals surface area (Å²) in [6, 6.07) is 15.0. The first-order valence-electron chi connectivity index (χ1n) is 5.77. The van der Waals surface area contributed by atoms with Crippen LogP contribution in [0.15, 0.2) is 54.6 Å². The Morgan fingerprint density at radius 1 is 1.16 bits per heavy atom. The number of nitro groups is 1. The van der Waals surface area contributed by atoms with Crippen LogP contribution >= 0.6 is 0 Å². The minimum atomic E-state index is -0.763. The summed E-state index contributed by atoms with van der Waals surface area (Å²) in [5.74, 6) is 0.365. The Hall–Kier alpha value is -2.40. The van der Waals surface area contributed by atoms with Crippen molar-refractivity contribution in [2.45, 2.75) is 6.10 Å². The second kappa shape index (κ2) is 5.97. The van der Waals surface area contributed by atoms with Crippen molar-refractivity contribution in [1.29, 1.82) is 0 Å². The molecule has 0 bridgehead atoms. The molecule has 0 aliphatic carbocycles. The summed E-state index contributed by atoms with van der Waals surface area (Å²) in [4.78, 5) is 10.1. The number of non-ortho nitro benzene ring substituents is 1. The highest BCUT2D eigenvalue weighted by atomic mass is 16.6. The summed E-state index contributed by atoms with van der Waals surface area (Å²) >= 11 is 0. The standard InChI is InChI=1S/C14H13NO4/c16-14(11-5-2-1-3-6-11)10-19-13-8-4-7-12(9-13)15(17)18/h1-9,14,16H,10H2. The van der Waals surface area contributed by atoms with Crippen molar-refractivity contribution >= 4 is 5.69 Å². The fraction of sp³-hybridized carbons (Fsp3) is 0.143. The van der Waals surface area contributed by atoms with Gasteiger partial charge in [-0.3, -0.25) is 10.1 Å². The van der Waals surface area contributed by atoms with E-state index in [1.165, 1.54) is 12.1 Å². The van der Waals surface area contributed by atoms with Crippen LogP contribution in [0.4, 0.5) is 5.69 Å².